The number of imidazole rings is 1. The van der Waals surface area contributed by atoms with Gasteiger partial charge in [-0.1, -0.05) is 19.1 Å². The molecule has 2 aromatic carbocycles. The number of aliphatic carboxylic acids is 1. The molecule has 4 rings (SSSR count). The fourth-order valence-electron chi connectivity index (χ4n) is 3.80. The maximum absolute atomic E-state index is 14.4. The molecule has 11 heteroatoms. The largest absolute Gasteiger partial charge is 0.507 e. The van der Waals surface area contributed by atoms with Crippen molar-refractivity contribution in [3.05, 3.63) is 107 Å². The zero-order valence-corrected chi connectivity index (χ0v) is 24.7. The summed E-state index contributed by atoms with van der Waals surface area (Å²) in [7, 11) is 0. The first-order valence-corrected chi connectivity index (χ1v) is 10.8. The van der Waals surface area contributed by atoms with E-state index in [0.717, 1.165) is 6.08 Å². The fourth-order valence-corrected chi connectivity index (χ4v) is 3.80. The molecule has 0 aliphatic rings. The summed E-state index contributed by atoms with van der Waals surface area (Å²) < 4.78 is 25.2. The number of aromatic hydroxyl groups is 1. The Morgan fingerprint density at radius 1 is 1.22 bits per heavy atom. The maximum Gasteiger partial charge on any atom is 0.328 e. The minimum Gasteiger partial charge on any atom is -0.507 e. The van der Waals surface area contributed by atoms with Crippen molar-refractivity contribution in [2.45, 2.75) is 25.6 Å². The van der Waals surface area contributed by atoms with Crippen LogP contribution in [0.3, 0.4) is 0 Å². The molecule has 0 amide bonds. The van der Waals surface area contributed by atoms with Gasteiger partial charge >= 0.3 is 5.97 Å². The second-order valence-corrected chi connectivity index (χ2v) is 7.88. The predicted octanol–water partition coefficient (Wildman–Crippen LogP) is 3.83. The molecule has 0 bridgehead atoms. The average molecular weight is 524 g/mol. The zero-order valence-electron chi connectivity index (χ0n) is 20.7. The zero-order chi connectivity index (χ0) is 25.0. The quantitative estimate of drug-likeness (QED) is 0.194. The molecule has 8 nitrogen and oxygen atoms in total. The van der Waals surface area contributed by atoms with Crippen molar-refractivity contribution in [2.24, 2.45) is 0 Å². The van der Waals surface area contributed by atoms with Crippen molar-refractivity contribution in [3.63, 3.8) is 0 Å². The second kappa shape index (κ2) is 13.4. The van der Waals surface area contributed by atoms with Crippen LogP contribution in [0.1, 0.15) is 41.4 Å². The molecule has 0 spiro atoms. The van der Waals surface area contributed by atoms with Crippen LogP contribution >= 0.6 is 0 Å². The van der Waals surface area contributed by atoms with E-state index < -0.39 is 17.4 Å². The van der Waals surface area contributed by atoms with E-state index in [1.165, 1.54) is 43.0 Å². The van der Waals surface area contributed by atoms with Crippen LogP contribution in [-0.4, -0.2) is 90.4 Å². The van der Waals surface area contributed by atoms with Gasteiger partial charge < -0.3 is 29.5 Å². The molecule has 1 atom stereocenters. The minimum atomic E-state index is -1.52. The van der Waals surface area contributed by atoms with Crippen molar-refractivity contribution in [1.29, 1.82) is 0 Å². The first-order chi connectivity index (χ1) is 16.8. The topological polar surface area (TPSA) is 129 Å². The number of furan rings is 1. The van der Waals surface area contributed by atoms with E-state index in [-0.39, 0.29) is 94.8 Å². The first-order valence-electron chi connectivity index (χ1n) is 10.8. The maximum atomic E-state index is 14.4. The summed E-state index contributed by atoms with van der Waals surface area (Å²) >= 11 is 0. The van der Waals surface area contributed by atoms with Gasteiger partial charge in [-0.25, -0.2) is 14.2 Å². The predicted molar refractivity (Wildman–Crippen MR) is 136 cm³/mol. The Bertz CT molecular complexity index is 1360. The Morgan fingerprint density at radius 2 is 2.00 bits per heavy atom. The van der Waals surface area contributed by atoms with Gasteiger partial charge in [0.1, 0.15) is 35.3 Å². The Balaban J connectivity index is 0.00000241. The third-order valence-corrected chi connectivity index (χ3v) is 5.61. The van der Waals surface area contributed by atoms with Gasteiger partial charge in [-0.15, -0.1) is 0 Å². The van der Waals surface area contributed by atoms with Crippen LogP contribution < -0.4 is 4.74 Å². The van der Waals surface area contributed by atoms with Crippen molar-refractivity contribution >= 4 is 70.7 Å². The summed E-state index contributed by atoms with van der Waals surface area (Å²) in [6.07, 6.45) is 7.11. The molecule has 4 aromatic rings. The first kappa shape index (κ1) is 30.9. The Labute approximate surface area is 256 Å². The van der Waals surface area contributed by atoms with Gasteiger partial charge in [0.05, 0.1) is 12.5 Å². The normalized spacial score (nSPS) is 12.7. The molecule has 2 aromatic heterocycles. The number of phenolic OH excluding ortho intramolecular Hbond substituents is 1. The van der Waals surface area contributed by atoms with Crippen LogP contribution in [0, 0.1) is 5.82 Å². The SMILES string of the molecule is CCC(O)(c1cc(F)cc(OCc2ccc(C(=CC(=O)O)c3ccoc3)c(O)c2)c1)c1ncc[nH]1.[Na].[Na]. The molecule has 2 heterocycles. The van der Waals surface area contributed by atoms with E-state index in [0.29, 0.717) is 22.5 Å². The number of carboxylic acid groups (broad SMARTS) is 1. The molecule has 37 heavy (non-hydrogen) atoms. The number of phenols is 1. The van der Waals surface area contributed by atoms with E-state index in [1.54, 1.807) is 31.3 Å². The molecule has 2 radical (unpaired) electrons. The number of nitrogens with one attached hydrogen (secondary N) is 1. The van der Waals surface area contributed by atoms with Crippen LogP contribution in [0.5, 0.6) is 11.5 Å². The van der Waals surface area contributed by atoms with Crippen LogP contribution in [0.15, 0.2) is 77.9 Å². The number of hydrogen-bond acceptors (Lipinski definition) is 6. The van der Waals surface area contributed by atoms with Gasteiger partial charge in [-0.2, -0.15) is 0 Å². The van der Waals surface area contributed by atoms with Crippen LogP contribution in [0.25, 0.3) is 5.57 Å². The monoisotopic (exact) mass is 524 g/mol. The number of carboxylic acids is 1. The molecule has 1 unspecified atom stereocenters. The van der Waals surface area contributed by atoms with E-state index in [9.17, 15) is 24.5 Å². The number of aromatic nitrogens is 2. The van der Waals surface area contributed by atoms with Gasteiger partial charge in [0.2, 0.25) is 0 Å². The summed E-state index contributed by atoms with van der Waals surface area (Å²) in [5, 5.41) is 30.9. The fraction of sp³-hybridized carbons (Fsp3) is 0.154. The number of H-pyrrole nitrogens is 1. The van der Waals surface area contributed by atoms with E-state index in [2.05, 4.69) is 9.97 Å². The van der Waals surface area contributed by atoms with Crippen LogP contribution in [-0.2, 0) is 17.0 Å². The number of nitrogens with zero attached hydrogens (tertiary/aromatic N) is 1. The second-order valence-electron chi connectivity index (χ2n) is 7.88. The van der Waals surface area contributed by atoms with Gasteiger partial charge in [0, 0.05) is 100 Å². The Morgan fingerprint density at radius 3 is 2.59 bits per heavy atom. The minimum absolute atomic E-state index is 0. The third kappa shape index (κ3) is 7.14. The summed E-state index contributed by atoms with van der Waals surface area (Å²) in [5.41, 5.74) is 0.407. The van der Waals surface area contributed by atoms with Gasteiger partial charge in [0.15, 0.2) is 0 Å². The van der Waals surface area contributed by atoms with Crippen molar-refractivity contribution in [3.8, 4) is 11.5 Å². The van der Waals surface area contributed by atoms with E-state index in [4.69, 9.17) is 9.15 Å². The Hall–Kier alpha value is -2.37. The molecule has 4 N–H and O–H groups in total. The average Bonchev–Trinajstić information content (AvgIpc) is 3.55. The molecule has 182 valence electrons. The number of ether oxygens (including phenoxy) is 1. The number of carbonyl (C=O) groups is 1. The van der Waals surface area contributed by atoms with Gasteiger partial charge in [0.25, 0.3) is 0 Å². The number of aliphatic hydroxyl groups is 1. The van der Waals surface area contributed by atoms with Crippen LogP contribution in [0.2, 0.25) is 0 Å². The number of rotatable bonds is 9. The van der Waals surface area contributed by atoms with Crippen molar-refractivity contribution < 1.29 is 33.7 Å². The van der Waals surface area contributed by atoms with Crippen molar-refractivity contribution in [2.75, 3.05) is 0 Å². The number of benzene rings is 2. The molecular weight excluding hydrogens is 501 g/mol. The number of halogens is 1. The third-order valence-electron chi connectivity index (χ3n) is 5.61. The van der Waals surface area contributed by atoms with Gasteiger partial charge in [-0.3, -0.25) is 0 Å². The summed E-state index contributed by atoms with van der Waals surface area (Å²) in [5.74, 6) is -1.43. The van der Waals surface area contributed by atoms with Gasteiger partial charge in [-0.05, 0) is 41.8 Å². The molecular formula is C26H23FN2Na2O6. The molecule has 0 saturated carbocycles. The molecule has 0 saturated heterocycles. The Kier molecular flexibility index (Phi) is 11.2. The number of hydrogen-bond donors (Lipinski definition) is 4. The summed E-state index contributed by atoms with van der Waals surface area (Å²) in [4.78, 5) is 18.3. The van der Waals surface area contributed by atoms with E-state index >= 15 is 0 Å². The van der Waals surface area contributed by atoms with Crippen LogP contribution in [0.4, 0.5) is 4.39 Å². The number of aromatic amines is 1. The summed E-state index contributed by atoms with van der Waals surface area (Å²) in [6.45, 7) is 1.75. The van der Waals surface area contributed by atoms with Crippen molar-refractivity contribution in [1.82, 2.24) is 9.97 Å². The standard InChI is InChI=1S/C26H23FN2O6.2Na/c1-2-26(33,25-28-6-7-29-25)18-10-19(27)12-20(11-18)35-14-16-3-4-21(23(30)9-16)22(13-24(31)32)17-5-8-34-15-17;;/h3-13,15,30,33H,2,14H2,1H3,(H,28,29)(H,31,32);;. The smallest absolute Gasteiger partial charge is 0.328 e. The molecule has 0 aliphatic heterocycles. The van der Waals surface area contributed by atoms with E-state index in [1.807, 2.05) is 0 Å². The molecule has 0 fully saturated rings. The summed E-state index contributed by atoms with van der Waals surface area (Å²) in [6, 6.07) is 10.2. The molecule has 0 aliphatic carbocycles.